The number of alkyl halides is 1. The van der Waals surface area contributed by atoms with E-state index in [2.05, 4.69) is 9.97 Å². The first-order chi connectivity index (χ1) is 28.5. The predicted octanol–water partition coefficient (Wildman–Crippen LogP) is 9.89. The Morgan fingerprint density at radius 3 is 2.12 bits per heavy atom. The highest BCUT2D eigenvalue weighted by atomic mass is 35.5. The van der Waals surface area contributed by atoms with Gasteiger partial charge in [0.2, 0.25) is 0 Å². The van der Waals surface area contributed by atoms with Gasteiger partial charge in [0.05, 0.1) is 24.2 Å². The maximum Gasteiger partial charge on any atom is 0.306 e. The lowest BCUT2D eigenvalue weighted by Gasteiger charge is -2.28. The highest BCUT2D eigenvalue weighted by Gasteiger charge is 2.31. The molecule has 11 nitrogen and oxygen atoms in total. The monoisotopic (exact) mass is 871 g/mol. The van der Waals surface area contributed by atoms with Gasteiger partial charge in [-0.15, -0.1) is 11.6 Å². The smallest absolute Gasteiger partial charge is 0.306 e. The third-order valence-corrected chi connectivity index (χ3v) is 11.8. The Kier molecular flexibility index (Phi) is 16.4. The minimum Gasteiger partial charge on any atom is -0.460 e. The molecule has 1 amide bonds. The lowest BCUT2D eigenvalue weighted by atomic mass is 9.95. The van der Waals surface area contributed by atoms with Crippen LogP contribution in [0.1, 0.15) is 132 Å². The molecule has 1 aliphatic rings. The second-order valence-corrected chi connectivity index (χ2v) is 19.6. The number of aryl methyl sites for hydroxylation is 1. The van der Waals surface area contributed by atoms with E-state index >= 15 is 4.39 Å². The van der Waals surface area contributed by atoms with Crippen LogP contribution < -0.4 is 10.5 Å². The molecular formula is C45H60ClF2N5O6S. The number of H-pyrrole nitrogens is 1. The number of carbonyl (C=O) groups is 2. The Morgan fingerprint density at radius 1 is 0.917 bits per heavy atom. The number of anilines is 2. The van der Waals surface area contributed by atoms with Crippen LogP contribution in [0.2, 0.25) is 0 Å². The summed E-state index contributed by atoms with van der Waals surface area (Å²) in [4.78, 5) is 49.8. The van der Waals surface area contributed by atoms with Gasteiger partial charge in [-0.3, -0.25) is 14.4 Å². The maximum atomic E-state index is 15.6. The number of hydrogen-bond acceptors (Lipinski definition) is 8. The van der Waals surface area contributed by atoms with Gasteiger partial charge in [-0.1, -0.05) is 70.6 Å². The molecule has 0 aliphatic carbocycles. The van der Waals surface area contributed by atoms with E-state index in [1.54, 1.807) is 36.5 Å². The van der Waals surface area contributed by atoms with Crippen molar-refractivity contribution in [2.24, 2.45) is 7.05 Å². The summed E-state index contributed by atoms with van der Waals surface area (Å²) in [6, 6.07) is 3.94. The first-order valence-corrected chi connectivity index (χ1v) is 23.8. The van der Waals surface area contributed by atoms with Gasteiger partial charge < -0.3 is 24.1 Å². The molecular weight excluding hydrogens is 812 g/mol. The van der Waals surface area contributed by atoms with Gasteiger partial charge in [0, 0.05) is 79.2 Å². The number of ether oxygens (including phenoxy) is 1. The number of pyridine rings is 2. The third kappa shape index (κ3) is 12.6. The number of aromatic nitrogens is 3. The summed E-state index contributed by atoms with van der Waals surface area (Å²) in [6.45, 7) is 6.34. The Labute approximate surface area is 357 Å². The van der Waals surface area contributed by atoms with Crippen LogP contribution in [-0.4, -0.2) is 70.6 Å². The molecule has 15 heteroatoms. The van der Waals surface area contributed by atoms with Crippen molar-refractivity contribution in [3.8, 4) is 11.1 Å². The molecule has 3 aromatic heterocycles. The van der Waals surface area contributed by atoms with Gasteiger partial charge >= 0.3 is 5.97 Å². The van der Waals surface area contributed by atoms with E-state index in [0.717, 1.165) is 69.9 Å². The number of carbonyl (C=O) groups excluding carboxylic acids is 2. The Hall–Kier alpha value is -4.30. The summed E-state index contributed by atoms with van der Waals surface area (Å²) in [6.07, 6.45) is 19.8. The third-order valence-electron chi connectivity index (χ3n) is 10.8. The van der Waals surface area contributed by atoms with Crippen LogP contribution in [0, 0.1) is 11.6 Å². The average Bonchev–Trinajstić information content (AvgIpc) is 3.53. The lowest BCUT2D eigenvalue weighted by molar-refractivity contribution is -0.154. The number of nitrogens with zero attached hydrogens (tertiary/aromatic N) is 4. The van der Waals surface area contributed by atoms with Crippen molar-refractivity contribution >= 4 is 55.7 Å². The minimum absolute atomic E-state index is 0.0197. The second kappa shape index (κ2) is 21.0. The topological polar surface area (TPSA) is 135 Å². The summed E-state index contributed by atoms with van der Waals surface area (Å²) in [5.74, 6) is -2.76. The highest BCUT2D eigenvalue weighted by molar-refractivity contribution is 7.89. The number of benzene rings is 1. The zero-order chi connectivity index (χ0) is 43.6. The van der Waals surface area contributed by atoms with Crippen LogP contribution in [-0.2, 0) is 38.7 Å². The summed E-state index contributed by atoms with van der Waals surface area (Å²) < 4.78 is 62.2. The zero-order valence-electron chi connectivity index (χ0n) is 35.7. The number of aromatic amines is 1. The molecule has 0 atom stereocenters. The van der Waals surface area contributed by atoms with E-state index in [-0.39, 0.29) is 47.4 Å². The first-order valence-electron chi connectivity index (χ1n) is 21.2. The molecule has 0 saturated carbocycles. The summed E-state index contributed by atoms with van der Waals surface area (Å²) >= 11 is 6.23. The van der Waals surface area contributed by atoms with E-state index in [9.17, 15) is 27.2 Å². The van der Waals surface area contributed by atoms with Crippen LogP contribution in [0.15, 0.2) is 41.6 Å². The summed E-state index contributed by atoms with van der Waals surface area (Å²) in [5.41, 5.74) is 2.03. The number of unbranched alkanes of at least 4 members (excludes halogenated alkanes) is 12. The fraction of sp³-hybridized carbons (Fsp3) is 0.556. The van der Waals surface area contributed by atoms with Crippen molar-refractivity contribution in [1.29, 1.82) is 0 Å². The molecule has 328 valence electrons. The molecule has 0 radical (unpaired) electrons. The van der Waals surface area contributed by atoms with Crippen LogP contribution in [0.5, 0.6) is 0 Å². The van der Waals surface area contributed by atoms with Crippen molar-refractivity contribution < 1.29 is 31.5 Å². The van der Waals surface area contributed by atoms with E-state index in [1.807, 2.05) is 20.8 Å². The van der Waals surface area contributed by atoms with Crippen molar-refractivity contribution in [3.63, 3.8) is 0 Å². The van der Waals surface area contributed by atoms with Crippen molar-refractivity contribution in [2.75, 3.05) is 30.1 Å². The van der Waals surface area contributed by atoms with E-state index in [4.69, 9.17) is 16.3 Å². The number of hydrogen-bond donors (Lipinski definition) is 1. The quantitative estimate of drug-likeness (QED) is 0.0469. The summed E-state index contributed by atoms with van der Waals surface area (Å²) in [7, 11) is -2.05. The molecule has 1 N–H and O–H groups in total. The normalized spacial score (nSPS) is 12.8. The molecule has 0 fully saturated rings. The Balaban J connectivity index is 1.23. The zero-order valence-corrected chi connectivity index (χ0v) is 37.3. The lowest BCUT2D eigenvalue weighted by Crippen LogP contribution is -2.34. The molecule has 60 heavy (non-hydrogen) atoms. The molecule has 1 aromatic carbocycles. The van der Waals surface area contributed by atoms with E-state index < -0.39 is 38.7 Å². The van der Waals surface area contributed by atoms with Gasteiger partial charge in [-0.25, -0.2) is 22.2 Å². The molecule has 4 heterocycles. The molecule has 0 bridgehead atoms. The van der Waals surface area contributed by atoms with Gasteiger partial charge in [0.1, 0.15) is 16.9 Å². The van der Waals surface area contributed by atoms with Crippen LogP contribution in [0.4, 0.5) is 20.3 Å². The van der Waals surface area contributed by atoms with Crippen molar-refractivity contribution in [3.05, 3.63) is 75.5 Å². The molecule has 5 rings (SSSR count). The van der Waals surface area contributed by atoms with Crippen LogP contribution in [0.3, 0.4) is 0 Å². The van der Waals surface area contributed by atoms with E-state index in [0.29, 0.717) is 46.2 Å². The van der Waals surface area contributed by atoms with Crippen LogP contribution >= 0.6 is 11.6 Å². The predicted molar refractivity (Wildman–Crippen MR) is 235 cm³/mol. The maximum absolute atomic E-state index is 15.6. The SMILES string of the molecule is Cn1cc2c3c(c[nH]c3c1=O)CN(c1ncc(F)cc1F)c1cc(C(=O)N(CCCl)CCCCCCCCCCCCCCCC(=O)OC(C)(C)C)c(CS(C)(=O)=O)cc1-2. The standard InChI is InChI=1S/C45H60ClF2N5O6S/c1-45(2,3)59-39(54)19-17-15-13-11-9-7-6-8-10-12-14-16-18-21-52(22-20-46)43(55)34-25-38-35(23-31(34)30-60(5,57)58)36-29-51(4)44(56)41-40(36)32(26-49-41)28-53(38)42-37(48)24-33(47)27-50-42/h23-27,29,49H,6-22,28,30H2,1-5H3. The van der Waals surface area contributed by atoms with Crippen LogP contribution in [0.25, 0.3) is 22.0 Å². The Bertz CT molecular complexity index is 2310. The largest absolute Gasteiger partial charge is 0.460 e. The van der Waals surface area contributed by atoms with Gasteiger partial charge in [0.25, 0.3) is 11.5 Å². The number of halogens is 3. The van der Waals surface area contributed by atoms with Gasteiger partial charge in [-0.05, 0) is 56.9 Å². The Morgan fingerprint density at radius 2 is 1.53 bits per heavy atom. The number of sulfone groups is 1. The van der Waals surface area contributed by atoms with Gasteiger partial charge in [0.15, 0.2) is 21.5 Å². The molecule has 0 unspecified atom stereocenters. The number of fused-ring (bicyclic) bond motifs is 2. The number of esters is 1. The first kappa shape index (κ1) is 46.8. The molecule has 0 saturated heterocycles. The highest BCUT2D eigenvalue weighted by Crippen LogP contribution is 2.45. The molecule has 4 aromatic rings. The average molecular weight is 873 g/mol. The molecule has 0 spiro atoms. The van der Waals surface area contributed by atoms with E-state index in [1.165, 1.54) is 41.6 Å². The number of rotatable bonds is 22. The summed E-state index contributed by atoms with van der Waals surface area (Å²) in [5, 5.41) is 0.581. The fourth-order valence-corrected chi connectivity index (χ4v) is 8.99. The number of amides is 1. The van der Waals surface area contributed by atoms with Crippen molar-refractivity contribution in [2.45, 2.75) is 129 Å². The fourth-order valence-electron chi connectivity index (χ4n) is 7.98. The minimum atomic E-state index is -3.65. The second-order valence-electron chi connectivity index (χ2n) is 17.1. The molecule has 1 aliphatic heterocycles. The number of nitrogens with one attached hydrogen (secondary N) is 1. The van der Waals surface area contributed by atoms with Crippen molar-refractivity contribution in [1.82, 2.24) is 19.4 Å². The van der Waals surface area contributed by atoms with Gasteiger partial charge in [-0.2, -0.15) is 0 Å².